The summed E-state index contributed by atoms with van der Waals surface area (Å²) in [6.07, 6.45) is 3.14. The van der Waals surface area contributed by atoms with Crippen LogP contribution in [0.4, 0.5) is 0 Å². The molecular weight excluding hydrogens is 246 g/mol. The number of morpholine rings is 1. The average Bonchev–Trinajstić information content (AvgIpc) is 2.90. The molecule has 2 heterocycles. The van der Waals surface area contributed by atoms with E-state index in [4.69, 9.17) is 14.2 Å². The third kappa shape index (κ3) is 2.67. The third-order valence-electron chi connectivity index (χ3n) is 4.77. The van der Waals surface area contributed by atoms with Gasteiger partial charge in [0.15, 0.2) is 5.79 Å². The van der Waals surface area contributed by atoms with Crippen molar-refractivity contribution < 1.29 is 19.3 Å². The van der Waals surface area contributed by atoms with Gasteiger partial charge in [0.1, 0.15) is 0 Å². The summed E-state index contributed by atoms with van der Waals surface area (Å²) in [4.78, 5) is 2.42. The van der Waals surface area contributed by atoms with Crippen molar-refractivity contribution in [3.05, 3.63) is 0 Å². The van der Waals surface area contributed by atoms with Gasteiger partial charge in [-0.3, -0.25) is 4.90 Å². The normalized spacial score (nSPS) is 39.8. The molecule has 1 aliphatic carbocycles. The lowest BCUT2D eigenvalue weighted by atomic mass is 9.85. The van der Waals surface area contributed by atoms with E-state index < -0.39 is 5.79 Å². The lowest BCUT2D eigenvalue weighted by Gasteiger charge is -2.48. The van der Waals surface area contributed by atoms with Crippen LogP contribution in [0.3, 0.4) is 0 Å². The Bertz CT molecular complexity index is 306. The summed E-state index contributed by atoms with van der Waals surface area (Å²) in [6.45, 7) is 5.98. The summed E-state index contributed by atoms with van der Waals surface area (Å²) >= 11 is 0. The van der Waals surface area contributed by atoms with Crippen LogP contribution >= 0.6 is 0 Å². The summed E-state index contributed by atoms with van der Waals surface area (Å²) in [5, 5.41) is 10.4. The Hall–Kier alpha value is -0.200. The number of hydrogen-bond acceptors (Lipinski definition) is 5. The van der Waals surface area contributed by atoms with Gasteiger partial charge in [-0.2, -0.15) is 0 Å². The molecule has 19 heavy (non-hydrogen) atoms. The highest BCUT2D eigenvalue weighted by atomic mass is 16.7. The van der Waals surface area contributed by atoms with Gasteiger partial charge in [-0.25, -0.2) is 0 Å². The molecule has 0 amide bonds. The quantitative estimate of drug-likeness (QED) is 0.803. The Kier molecular flexibility index (Phi) is 4.10. The minimum atomic E-state index is -0.430. The van der Waals surface area contributed by atoms with E-state index in [1.54, 1.807) is 0 Å². The van der Waals surface area contributed by atoms with Gasteiger partial charge in [-0.1, -0.05) is 6.92 Å². The molecule has 1 spiro atoms. The molecular formula is C14H25NO4. The highest BCUT2D eigenvalue weighted by Gasteiger charge is 2.47. The van der Waals surface area contributed by atoms with Crippen molar-refractivity contribution in [2.75, 3.05) is 33.0 Å². The smallest absolute Gasteiger partial charge is 0.170 e. The van der Waals surface area contributed by atoms with Crippen LogP contribution in [0.25, 0.3) is 0 Å². The monoisotopic (exact) mass is 271 g/mol. The molecule has 0 aromatic heterocycles. The highest BCUT2D eigenvalue weighted by molar-refractivity contribution is 4.95. The standard InChI is InChI=1S/C14H25NO4/c1-2-11-10-17-6-5-15(11)12-9-14(4-3-13(12)16)18-7-8-19-14/h11-13,16H,2-10H2,1H3. The van der Waals surface area contributed by atoms with E-state index in [-0.39, 0.29) is 12.1 Å². The van der Waals surface area contributed by atoms with E-state index in [0.29, 0.717) is 19.3 Å². The third-order valence-corrected chi connectivity index (χ3v) is 4.77. The van der Waals surface area contributed by atoms with Crippen molar-refractivity contribution in [3.8, 4) is 0 Å². The molecule has 5 heteroatoms. The second-order valence-electron chi connectivity index (χ2n) is 5.86. The molecule has 110 valence electrons. The van der Waals surface area contributed by atoms with Gasteiger partial charge in [0, 0.05) is 31.5 Å². The first-order valence-corrected chi connectivity index (χ1v) is 7.53. The SMILES string of the molecule is CCC1COCCN1C1CC2(CCC1O)OCCO2. The molecule has 0 radical (unpaired) electrons. The molecule has 5 nitrogen and oxygen atoms in total. The summed E-state index contributed by atoms with van der Waals surface area (Å²) < 4.78 is 17.2. The summed E-state index contributed by atoms with van der Waals surface area (Å²) in [5.74, 6) is -0.430. The molecule has 0 aromatic rings. The van der Waals surface area contributed by atoms with Gasteiger partial charge in [-0.05, 0) is 12.8 Å². The molecule has 3 rings (SSSR count). The van der Waals surface area contributed by atoms with Crippen molar-refractivity contribution in [1.82, 2.24) is 4.90 Å². The van der Waals surface area contributed by atoms with E-state index >= 15 is 0 Å². The van der Waals surface area contributed by atoms with Crippen LogP contribution in [0.1, 0.15) is 32.6 Å². The van der Waals surface area contributed by atoms with E-state index in [2.05, 4.69) is 11.8 Å². The molecule has 3 atom stereocenters. The molecule has 3 fully saturated rings. The summed E-state index contributed by atoms with van der Waals surface area (Å²) in [6, 6.07) is 0.547. The van der Waals surface area contributed by atoms with Gasteiger partial charge in [-0.15, -0.1) is 0 Å². The van der Waals surface area contributed by atoms with Crippen molar-refractivity contribution in [3.63, 3.8) is 0 Å². The number of aliphatic hydroxyl groups is 1. The maximum absolute atomic E-state index is 10.4. The van der Waals surface area contributed by atoms with E-state index in [1.165, 1.54) is 0 Å². The van der Waals surface area contributed by atoms with E-state index in [9.17, 15) is 5.11 Å². The van der Waals surface area contributed by atoms with Gasteiger partial charge in [0.2, 0.25) is 0 Å². The van der Waals surface area contributed by atoms with Crippen LogP contribution in [-0.4, -0.2) is 67.0 Å². The zero-order chi connectivity index (χ0) is 13.3. The Balaban J connectivity index is 1.73. The average molecular weight is 271 g/mol. The Morgan fingerprint density at radius 1 is 1.26 bits per heavy atom. The fraction of sp³-hybridized carbons (Fsp3) is 1.00. The minimum Gasteiger partial charge on any atom is -0.391 e. The summed E-state index contributed by atoms with van der Waals surface area (Å²) in [7, 11) is 0. The molecule has 1 saturated carbocycles. The predicted octanol–water partition coefficient (Wildman–Crippen LogP) is 0.754. The topological polar surface area (TPSA) is 51.2 Å². The number of ether oxygens (including phenoxy) is 3. The van der Waals surface area contributed by atoms with Crippen LogP contribution in [-0.2, 0) is 14.2 Å². The largest absolute Gasteiger partial charge is 0.391 e. The zero-order valence-electron chi connectivity index (χ0n) is 11.7. The van der Waals surface area contributed by atoms with Crippen LogP contribution in [0.15, 0.2) is 0 Å². The van der Waals surface area contributed by atoms with Crippen molar-refractivity contribution in [2.45, 2.75) is 56.6 Å². The van der Waals surface area contributed by atoms with E-state index in [0.717, 1.165) is 45.4 Å². The fourth-order valence-corrected chi connectivity index (χ4v) is 3.67. The van der Waals surface area contributed by atoms with Gasteiger partial charge in [0.25, 0.3) is 0 Å². The Labute approximate surface area is 114 Å². The first-order chi connectivity index (χ1) is 9.24. The van der Waals surface area contributed by atoms with Crippen molar-refractivity contribution in [2.24, 2.45) is 0 Å². The molecule has 3 aliphatic rings. The number of hydrogen-bond donors (Lipinski definition) is 1. The number of aliphatic hydroxyl groups excluding tert-OH is 1. The number of nitrogens with zero attached hydrogens (tertiary/aromatic N) is 1. The zero-order valence-corrected chi connectivity index (χ0v) is 11.7. The second kappa shape index (κ2) is 5.66. The molecule has 0 aromatic carbocycles. The maximum Gasteiger partial charge on any atom is 0.170 e. The lowest BCUT2D eigenvalue weighted by Crippen LogP contribution is -2.59. The highest BCUT2D eigenvalue weighted by Crippen LogP contribution is 2.38. The van der Waals surface area contributed by atoms with Crippen LogP contribution in [0, 0.1) is 0 Å². The molecule has 2 aliphatic heterocycles. The molecule has 0 bridgehead atoms. The Morgan fingerprint density at radius 3 is 2.79 bits per heavy atom. The molecule has 3 unspecified atom stereocenters. The number of rotatable bonds is 2. The van der Waals surface area contributed by atoms with Crippen LogP contribution in [0.2, 0.25) is 0 Å². The van der Waals surface area contributed by atoms with Crippen LogP contribution < -0.4 is 0 Å². The fourth-order valence-electron chi connectivity index (χ4n) is 3.67. The first kappa shape index (κ1) is 13.8. The predicted molar refractivity (Wildman–Crippen MR) is 69.9 cm³/mol. The summed E-state index contributed by atoms with van der Waals surface area (Å²) in [5.41, 5.74) is 0. The van der Waals surface area contributed by atoms with Gasteiger partial charge in [0.05, 0.1) is 32.5 Å². The maximum atomic E-state index is 10.4. The minimum absolute atomic E-state index is 0.140. The van der Waals surface area contributed by atoms with Crippen molar-refractivity contribution in [1.29, 1.82) is 0 Å². The van der Waals surface area contributed by atoms with Crippen LogP contribution in [0.5, 0.6) is 0 Å². The van der Waals surface area contributed by atoms with Gasteiger partial charge < -0.3 is 19.3 Å². The lowest BCUT2D eigenvalue weighted by molar-refractivity contribution is -0.212. The first-order valence-electron chi connectivity index (χ1n) is 7.53. The van der Waals surface area contributed by atoms with Crippen molar-refractivity contribution >= 4 is 0 Å². The van der Waals surface area contributed by atoms with Gasteiger partial charge >= 0.3 is 0 Å². The Morgan fingerprint density at radius 2 is 2.05 bits per heavy atom. The second-order valence-corrected chi connectivity index (χ2v) is 5.86. The molecule has 1 N–H and O–H groups in total. The van der Waals surface area contributed by atoms with E-state index in [1.807, 2.05) is 0 Å². The molecule has 2 saturated heterocycles.